The van der Waals surface area contributed by atoms with E-state index >= 15 is 0 Å². The van der Waals surface area contributed by atoms with Crippen LogP contribution < -0.4 is 9.47 Å². The van der Waals surface area contributed by atoms with E-state index in [0.29, 0.717) is 6.61 Å². The molecule has 14 heavy (non-hydrogen) atoms. The van der Waals surface area contributed by atoms with Crippen LogP contribution in [0.1, 0.15) is 18.9 Å². The van der Waals surface area contributed by atoms with E-state index in [1.165, 1.54) is 0 Å². The molecule has 3 heteroatoms. The number of aryl methyl sites for hydroxylation is 1. The van der Waals surface area contributed by atoms with E-state index in [2.05, 4.69) is 22.9 Å². The van der Waals surface area contributed by atoms with Crippen LogP contribution in [0.5, 0.6) is 11.5 Å². The van der Waals surface area contributed by atoms with E-state index in [1.54, 1.807) is 7.11 Å². The largest absolute Gasteiger partial charge is 0.493 e. The number of methoxy groups -OCH3 is 1. The Hall–Kier alpha value is -0.700. The van der Waals surface area contributed by atoms with Crippen molar-refractivity contribution in [3.63, 3.8) is 0 Å². The van der Waals surface area contributed by atoms with Gasteiger partial charge in [0.05, 0.1) is 18.2 Å². The maximum absolute atomic E-state index is 5.59. The summed E-state index contributed by atoms with van der Waals surface area (Å²) in [7, 11) is 1.65. The molecule has 0 aliphatic carbocycles. The standard InChI is InChI=1S/C11H15BrO2/c1-4-5-14-11-9(12)6-8(2)7-10(11)13-3/h6-7H,4-5H2,1-3H3. The molecule has 0 amide bonds. The molecule has 0 unspecified atom stereocenters. The Morgan fingerprint density at radius 1 is 1.36 bits per heavy atom. The highest BCUT2D eigenvalue weighted by molar-refractivity contribution is 9.10. The maximum Gasteiger partial charge on any atom is 0.175 e. The number of ether oxygens (including phenoxy) is 2. The van der Waals surface area contributed by atoms with Gasteiger partial charge in [0.2, 0.25) is 0 Å². The van der Waals surface area contributed by atoms with Gasteiger partial charge in [0, 0.05) is 0 Å². The first-order valence-corrected chi connectivity index (χ1v) is 5.45. The quantitative estimate of drug-likeness (QED) is 0.823. The van der Waals surface area contributed by atoms with Crippen LogP contribution in [-0.4, -0.2) is 13.7 Å². The highest BCUT2D eigenvalue weighted by Crippen LogP contribution is 2.36. The van der Waals surface area contributed by atoms with Crippen molar-refractivity contribution in [2.45, 2.75) is 20.3 Å². The Kier molecular flexibility index (Phi) is 4.26. The molecule has 1 rings (SSSR count). The molecular formula is C11H15BrO2. The summed E-state index contributed by atoms with van der Waals surface area (Å²) in [6.07, 6.45) is 0.990. The zero-order valence-electron chi connectivity index (χ0n) is 8.76. The first-order chi connectivity index (χ1) is 6.69. The van der Waals surface area contributed by atoms with E-state index in [0.717, 1.165) is 28.0 Å². The normalized spacial score (nSPS) is 10.0. The van der Waals surface area contributed by atoms with Crippen molar-refractivity contribution >= 4 is 15.9 Å². The number of hydrogen-bond acceptors (Lipinski definition) is 2. The van der Waals surface area contributed by atoms with Gasteiger partial charge >= 0.3 is 0 Å². The molecule has 0 spiro atoms. The fourth-order valence-corrected chi connectivity index (χ4v) is 1.86. The van der Waals surface area contributed by atoms with Crippen LogP contribution in [0.3, 0.4) is 0 Å². The molecule has 1 aromatic carbocycles. The van der Waals surface area contributed by atoms with Gasteiger partial charge in [0.1, 0.15) is 0 Å². The van der Waals surface area contributed by atoms with E-state index in [9.17, 15) is 0 Å². The summed E-state index contributed by atoms with van der Waals surface area (Å²) in [6.45, 7) is 4.81. The van der Waals surface area contributed by atoms with Crippen molar-refractivity contribution in [3.8, 4) is 11.5 Å². The van der Waals surface area contributed by atoms with Gasteiger partial charge in [-0.1, -0.05) is 6.92 Å². The molecule has 0 bridgehead atoms. The van der Waals surface area contributed by atoms with Crippen molar-refractivity contribution in [1.82, 2.24) is 0 Å². The van der Waals surface area contributed by atoms with Gasteiger partial charge in [-0.05, 0) is 47.0 Å². The SMILES string of the molecule is CCCOc1c(Br)cc(C)cc1OC. The van der Waals surface area contributed by atoms with Gasteiger partial charge in [-0.2, -0.15) is 0 Å². The fourth-order valence-electron chi connectivity index (χ4n) is 1.19. The van der Waals surface area contributed by atoms with Crippen LogP contribution in [0, 0.1) is 6.92 Å². The molecule has 0 saturated heterocycles. The molecule has 0 aliphatic rings. The van der Waals surface area contributed by atoms with E-state index in [4.69, 9.17) is 9.47 Å². The molecule has 0 radical (unpaired) electrons. The summed E-state index contributed by atoms with van der Waals surface area (Å²) in [6, 6.07) is 3.99. The predicted octanol–water partition coefficient (Wildman–Crippen LogP) is 3.55. The average molecular weight is 259 g/mol. The number of hydrogen-bond donors (Lipinski definition) is 0. The number of halogens is 1. The van der Waals surface area contributed by atoms with Crippen molar-refractivity contribution in [3.05, 3.63) is 22.2 Å². The fraction of sp³-hybridized carbons (Fsp3) is 0.455. The zero-order chi connectivity index (χ0) is 10.6. The molecule has 1 aromatic rings. The summed E-state index contributed by atoms with van der Waals surface area (Å²) >= 11 is 3.46. The summed E-state index contributed by atoms with van der Waals surface area (Å²) in [5, 5.41) is 0. The average Bonchev–Trinajstić information content (AvgIpc) is 2.15. The predicted molar refractivity (Wildman–Crippen MR) is 61.2 cm³/mol. The molecule has 0 aromatic heterocycles. The first-order valence-electron chi connectivity index (χ1n) is 4.66. The molecule has 78 valence electrons. The van der Waals surface area contributed by atoms with Gasteiger partial charge in [-0.3, -0.25) is 0 Å². The number of rotatable bonds is 4. The third kappa shape index (κ3) is 2.64. The Labute approximate surface area is 93.4 Å². The van der Waals surface area contributed by atoms with Crippen molar-refractivity contribution in [1.29, 1.82) is 0 Å². The summed E-state index contributed by atoms with van der Waals surface area (Å²) in [4.78, 5) is 0. The summed E-state index contributed by atoms with van der Waals surface area (Å²) in [5.74, 6) is 1.57. The first kappa shape index (κ1) is 11.4. The monoisotopic (exact) mass is 258 g/mol. The van der Waals surface area contributed by atoms with Crippen LogP contribution in [0.2, 0.25) is 0 Å². The minimum Gasteiger partial charge on any atom is -0.493 e. The lowest BCUT2D eigenvalue weighted by molar-refractivity contribution is 0.292. The van der Waals surface area contributed by atoms with Crippen molar-refractivity contribution in [2.75, 3.05) is 13.7 Å². The number of benzene rings is 1. The second-order valence-electron chi connectivity index (χ2n) is 3.13. The molecule has 0 saturated carbocycles. The molecule has 0 atom stereocenters. The van der Waals surface area contributed by atoms with Gasteiger partial charge in [0.15, 0.2) is 11.5 Å². The molecule has 0 aliphatic heterocycles. The summed E-state index contributed by atoms with van der Waals surface area (Å²) < 4.78 is 11.8. The Morgan fingerprint density at radius 2 is 2.07 bits per heavy atom. The molecule has 0 N–H and O–H groups in total. The topological polar surface area (TPSA) is 18.5 Å². The van der Waals surface area contributed by atoms with Crippen LogP contribution in [0.15, 0.2) is 16.6 Å². The minimum absolute atomic E-state index is 0.706. The molecular weight excluding hydrogens is 244 g/mol. The Morgan fingerprint density at radius 3 is 2.64 bits per heavy atom. The van der Waals surface area contributed by atoms with E-state index in [1.807, 2.05) is 19.1 Å². The summed E-state index contributed by atoms with van der Waals surface area (Å²) in [5.41, 5.74) is 1.15. The third-order valence-electron chi connectivity index (χ3n) is 1.82. The van der Waals surface area contributed by atoms with Crippen LogP contribution in [0.4, 0.5) is 0 Å². The lowest BCUT2D eigenvalue weighted by atomic mass is 10.2. The van der Waals surface area contributed by atoms with Crippen LogP contribution in [0.25, 0.3) is 0 Å². The lowest BCUT2D eigenvalue weighted by Gasteiger charge is -2.12. The Bertz CT molecular complexity index is 310. The van der Waals surface area contributed by atoms with Gasteiger partial charge < -0.3 is 9.47 Å². The van der Waals surface area contributed by atoms with Crippen molar-refractivity contribution in [2.24, 2.45) is 0 Å². The molecule has 0 fully saturated rings. The highest BCUT2D eigenvalue weighted by atomic mass is 79.9. The molecule has 2 nitrogen and oxygen atoms in total. The maximum atomic E-state index is 5.59. The van der Waals surface area contributed by atoms with Gasteiger partial charge in [-0.25, -0.2) is 0 Å². The molecule has 0 heterocycles. The Balaban J connectivity index is 2.99. The lowest BCUT2D eigenvalue weighted by Crippen LogP contribution is -1.99. The van der Waals surface area contributed by atoms with Gasteiger partial charge in [0.25, 0.3) is 0 Å². The van der Waals surface area contributed by atoms with Gasteiger partial charge in [-0.15, -0.1) is 0 Å². The van der Waals surface area contributed by atoms with E-state index < -0.39 is 0 Å². The second kappa shape index (κ2) is 5.25. The minimum atomic E-state index is 0.706. The van der Waals surface area contributed by atoms with Crippen LogP contribution in [-0.2, 0) is 0 Å². The zero-order valence-corrected chi connectivity index (χ0v) is 10.3. The van der Waals surface area contributed by atoms with Crippen LogP contribution >= 0.6 is 15.9 Å². The van der Waals surface area contributed by atoms with Crippen molar-refractivity contribution < 1.29 is 9.47 Å². The smallest absolute Gasteiger partial charge is 0.175 e. The second-order valence-corrected chi connectivity index (χ2v) is 3.98. The highest BCUT2D eigenvalue weighted by Gasteiger charge is 2.09. The van der Waals surface area contributed by atoms with E-state index in [-0.39, 0.29) is 0 Å². The third-order valence-corrected chi connectivity index (χ3v) is 2.41.